The summed E-state index contributed by atoms with van der Waals surface area (Å²) >= 11 is 0. The van der Waals surface area contributed by atoms with Crippen molar-refractivity contribution < 1.29 is 4.79 Å². The molecule has 0 bridgehead atoms. The van der Waals surface area contributed by atoms with Crippen LogP contribution in [0, 0.1) is 5.92 Å². The molecule has 2 nitrogen and oxygen atoms in total. The van der Waals surface area contributed by atoms with Gasteiger partial charge < -0.3 is 4.90 Å². The average Bonchev–Trinajstić information content (AvgIpc) is 2.46. The van der Waals surface area contributed by atoms with Crippen LogP contribution in [0.3, 0.4) is 0 Å². The van der Waals surface area contributed by atoms with E-state index in [0.717, 1.165) is 19.3 Å². The fraction of sp³-hybridized carbons (Fsp3) is 0.421. The number of hydrogen-bond donors (Lipinski definition) is 0. The second-order valence-corrected chi connectivity index (χ2v) is 5.27. The SMILES string of the molecule is C=C\C=C/C=C(C)/C=C/C(CC)CC/C=C/C(=O)N(C)C. The topological polar surface area (TPSA) is 20.3 Å². The minimum Gasteiger partial charge on any atom is -0.345 e. The first-order chi connectivity index (χ1) is 10.0. The summed E-state index contributed by atoms with van der Waals surface area (Å²) in [7, 11) is 3.53. The Morgan fingerprint density at radius 1 is 1.24 bits per heavy atom. The quantitative estimate of drug-likeness (QED) is 0.445. The van der Waals surface area contributed by atoms with Gasteiger partial charge in [-0.05, 0) is 38.2 Å². The van der Waals surface area contributed by atoms with Gasteiger partial charge in [0.05, 0.1) is 0 Å². The molecule has 0 saturated carbocycles. The van der Waals surface area contributed by atoms with E-state index < -0.39 is 0 Å². The lowest BCUT2D eigenvalue weighted by atomic mass is 9.98. The van der Waals surface area contributed by atoms with Crippen LogP contribution >= 0.6 is 0 Å². The lowest BCUT2D eigenvalue weighted by molar-refractivity contribution is -0.123. The number of hydrogen-bond acceptors (Lipinski definition) is 1. The Morgan fingerprint density at radius 2 is 1.95 bits per heavy atom. The summed E-state index contributed by atoms with van der Waals surface area (Å²) in [5.41, 5.74) is 1.23. The third kappa shape index (κ3) is 10.6. The van der Waals surface area contributed by atoms with Gasteiger partial charge in [-0.2, -0.15) is 0 Å². The zero-order valence-electron chi connectivity index (χ0n) is 13.9. The van der Waals surface area contributed by atoms with Gasteiger partial charge in [0.1, 0.15) is 0 Å². The van der Waals surface area contributed by atoms with Gasteiger partial charge in [0.25, 0.3) is 0 Å². The summed E-state index contributed by atoms with van der Waals surface area (Å²) in [5.74, 6) is 0.599. The third-order valence-corrected chi connectivity index (χ3v) is 3.17. The standard InChI is InChI=1S/C19H29NO/c1-6-8-9-12-17(3)15-16-18(7-2)13-10-11-14-19(21)20(4)5/h6,8-9,11-12,14-16,18H,1,7,10,13H2,2-5H3/b9-8-,14-11+,16-15+,17-12+. The van der Waals surface area contributed by atoms with Gasteiger partial charge in [-0.1, -0.05) is 61.6 Å². The van der Waals surface area contributed by atoms with Crippen LogP contribution in [0.4, 0.5) is 0 Å². The summed E-state index contributed by atoms with van der Waals surface area (Å²) in [6, 6.07) is 0. The van der Waals surface area contributed by atoms with Gasteiger partial charge in [-0.25, -0.2) is 0 Å². The molecule has 0 radical (unpaired) electrons. The minimum absolute atomic E-state index is 0.0476. The fourth-order valence-corrected chi connectivity index (χ4v) is 1.71. The third-order valence-electron chi connectivity index (χ3n) is 3.17. The molecule has 0 aliphatic heterocycles. The molecule has 0 aliphatic rings. The maximum atomic E-state index is 11.4. The molecule has 0 aliphatic carbocycles. The second kappa shape index (κ2) is 12.0. The molecular formula is C19H29NO. The van der Waals surface area contributed by atoms with Gasteiger partial charge in [0, 0.05) is 14.1 Å². The Hall–Kier alpha value is -1.83. The summed E-state index contributed by atoms with van der Waals surface area (Å²) in [6.45, 7) is 7.93. The van der Waals surface area contributed by atoms with Crippen molar-refractivity contribution in [2.75, 3.05) is 14.1 Å². The van der Waals surface area contributed by atoms with E-state index in [1.54, 1.807) is 31.1 Å². The van der Waals surface area contributed by atoms with Crippen molar-refractivity contribution in [1.82, 2.24) is 4.90 Å². The van der Waals surface area contributed by atoms with Crippen LogP contribution in [-0.2, 0) is 4.79 Å². The molecule has 0 aromatic rings. The molecule has 0 rings (SSSR count). The Labute approximate surface area is 130 Å². The molecule has 1 amide bonds. The van der Waals surface area contributed by atoms with Crippen LogP contribution in [0.2, 0.25) is 0 Å². The highest BCUT2D eigenvalue weighted by atomic mass is 16.2. The van der Waals surface area contributed by atoms with Crippen LogP contribution in [0.25, 0.3) is 0 Å². The molecule has 0 heterocycles. The molecule has 0 aromatic carbocycles. The zero-order chi connectivity index (χ0) is 16.1. The van der Waals surface area contributed by atoms with Crippen LogP contribution in [0.1, 0.15) is 33.1 Å². The van der Waals surface area contributed by atoms with Crippen LogP contribution in [0.15, 0.2) is 60.8 Å². The first kappa shape index (κ1) is 19.2. The molecule has 1 unspecified atom stereocenters. The zero-order valence-corrected chi connectivity index (χ0v) is 13.9. The van der Waals surface area contributed by atoms with Gasteiger partial charge >= 0.3 is 0 Å². The van der Waals surface area contributed by atoms with E-state index in [2.05, 4.69) is 38.7 Å². The minimum atomic E-state index is 0.0476. The molecule has 0 aromatic heterocycles. The fourth-order valence-electron chi connectivity index (χ4n) is 1.71. The molecule has 0 saturated heterocycles. The van der Waals surface area contributed by atoms with E-state index in [0.29, 0.717) is 5.92 Å². The average molecular weight is 287 g/mol. The Bertz CT molecular complexity index is 425. The number of carbonyl (C=O) groups excluding carboxylic acids is 1. The largest absolute Gasteiger partial charge is 0.345 e. The molecule has 0 N–H and O–H groups in total. The molecule has 116 valence electrons. The maximum absolute atomic E-state index is 11.4. The van der Waals surface area contributed by atoms with Gasteiger partial charge in [-0.15, -0.1) is 0 Å². The van der Waals surface area contributed by atoms with Crippen molar-refractivity contribution >= 4 is 5.91 Å². The van der Waals surface area contributed by atoms with E-state index in [-0.39, 0.29) is 5.91 Å². The van der Waals surface area contributed by atoms with Gasteiger partial charge in [-0.3, -0.25) is 4.79 Å². The lowest BCUT2D eigenvalue weighted by Crippen LogP contribution is -2.18. The first-order valence-electron chi connectivity index (χ1n) is 7.53. The molecule has 1 atom stereocenters. The number of amides is 1. The van der Waals surface area contributed by atoms with E-state index in [9.17, 15) is 4.79 Å². The molecule has 0 spiro atoms. The normalized spacial score (nSPS) is 14.2. The monoisotopic (exact) mass is 287 g/mol. The summed E-state index contributed by atoms with van der Waals surface area (Å²) in [6.07, 6.45) is 18.9. The molecule has 2 heteroatoms. The van der Waals surface area contributed by atoms with Crippen LogP contribution in [0.5, 0.6) is 0 Å². The van der Waals surface area contributed by atoms with Crippen molar-refractivity contribution in [3.05, 3.63) is 60.8 Å². The van der Waals surface area contributed by atoms with Crippen molar-refractivity contribution in [3.8, 4) is 0 Å². The second-order valence-electron chi connectivity index (χ2n) is 5.27. The Morgan fingerprint density at radius 3 is 2.52 bits per heavy atom. The van der Waals surface area contributed by atoms with Crippen molar-refractivity contribution in [2.45, 2.75) is 33.1 Å². The summed E-state index contributed by atoms with van der Waals surface area (Å²) in [4.78, 5) is 13.0. The van der Waals surface area contributed by atoms with Crippen LogP contribution in [-0.4, -0.2) is 24.9 Å². The van der Waals surface area contributed by atoms with Gasteiger partial charge in [0.2, 0.25) is 5.91 Å². The van der Waals surface area contributed by atoms with E-state index in [1.807, 2.05) is 18.2 Å². The smallest absolute Gasteiger partial charge is 0.245 e. The highest BCUT2D eigenvalue weighted by molar-refractivity contribution is 5.87. The van der Waals surface area contributed by atoms with E-state index >= 15 is 0 Å². The summed E-state index contributed by atoms with van der Waals surface area (Å²) < 4.78 is 0. The van der Waals surface area contributed by atoms with Crippen LogP contribution < -0.4 is 0 Å². The lowest BCUT2D eigenvalue weighted by Gasteiger charge is -2.08. The van der Waals surface area contributed by atoms with Crippen molar-refractivity contribution in [1.29, 1.82) is 0 Å². The number of likely N-dealkylation sites (N-methyl/N-ethyl adjacent to an activating group) is 1. The number of rotatable bonds is 9. The van der Waals surface area contributed by atoms with Crippen molar-refractivity contribution in [3.63, 3.8) is 0 Å². The Balaban J connectivity index is 4.28. The predicted octanol–water partition coefficient (Wildman–Crippen LogP) is 4.68. The molecule has 0 fully saturated rings. The maximum Gasteiger partial charge on any atom is 0.245 e. The molecule has 21 heavy (non-hydrogen) atoms. The van der Waals surface area contributed by atoms with Crippen molar-refractivity contribution in [2.24, 2.45) is 5.92 Å². The Kier molecular flexibility index (Phi) is 10.9. The molecular weight excluding hydrogens is 258 g/mol. The number of allylic oxidation sites excluding steroid dienone is 8. The highest BCUT2D eigenvalue weighted by Crippen LogP contribution is 2.14. The summed E-state index contributed by atoms with van der Waals surface area (Å²) in [5, 5.41) is 0. The van der Waals surface area contributed by atoms with E-state index in [1.165, 1.54) is 5.57 Å². The highest BCUT2D eigenvalue weighted by Gasteiger charge is 2.01. The number of nitrogens with zero attached hydrogens (tertiary/aromatic N) is 1. The number of carbonyl (C=O) groups is 1. The predicted molar refractivity (Wildman–Crippen MR) is 93.1 cm³/mol. The first-order valence-corrected chi connectivity index (χ1v) is 7.53. The van der Waals surface area contributed by atoms with Gasteiger partial charge in [0.15, 0.2) is 0 Å². The van der Waals surface area contributed by atoms with E-state index in [4.69, 9.17) is 0 Å².